The first kappa shape index (κ1) is 12.4. The summed E-state index contributed by atoms with van der Waals surface area (Å²) in [5, 5.41) is 18.6. The van der Waals surface area contributed by atoms with Crippen LogP contribution in [-0.4, -0.2) is 35.0 Å². The number of carboxylic acid groups (broad SMARTS) is 1. The smallest absolute Gasteiger partial charge is 0.309 e. The molecule has 4 heteroatoms. The van der Waals surface area contributed by atoms with Gasteiger partial charge in [-0.15, -0.1) is 0 Å². The average Bonchev–Trinajstić information content (AvgIpc) is 2.01. The molecule has 0 aromatic heterocycles. The van der Waals surface area contributed by atoms with Gasteiger partial charge in [-0.1, -0.05) is 6.92 Å². The van der Waals surface area contributed by atoms with E-state index >= 15 is 0 Å². The molecule has 0 aliphatic heterocycles. The van der Waals surface area contributed by atoms with Gasteiger partial charge in [0.2, 0.25) is 0 Å². The van der Waals surface area contributed by atoms with Gasteiger partial charge in [-0.2, -0.15) is 0 Å². The Balaban J connectivity index is 4.28. The van der Waals surface area contributed by atoms with Gasteiger partial charge >= 0.3 is 5.97 Å². The van der Waals surface area contributed by atoms with Crippen molar-refractivity contribution in [3.63, 3.8) is 0 Å². The van der Waals surface area contributed by atoms with Crippen LogP contribution in [0.15, 0.2) is 0 Å². The van der Waals surface area contributed by atoms with Gasteiger partial charge in [0, 0.05) is 6.61 Å². The van der Waals surface area contributed by atoms with E-state index in [9.17, 15) is 9.90 Å². The van der Waals surface area contributed by atoms with Gasteiger partial charge in [0.25, 0.3) is 0 Å². The van der Waals surface area contributed by atoms with Crippen LogP contribution in [0.25, 0.3) is 0 Å². The Labute approximate surface area is 78.5 Å². The number of aliphatic hydroxyl groups is 1. The number of hydrogen-bond donors (Lipinski definition) is 2. The molecule has 2 N–H and O–H groups in total. The predicted octanol–water partition coefficient (Wildman–Crippen LogP) is 0.885. The number of aliphatic carboxylic acids is 1. The predicted molar refractivity (Wildman–Crippen MR) is 48.5 cm³/mol. The first-order valence-electron chi connectivity index (χ1n) is 4.48. The zero-order valence-corrected chi connectivity index (χ0v) is 8.41. The van der Waals surface area contributed by atoms with Crippen molar-refractivity contribution in [3.05, 3.63) is 0 Å². The maximum Gasteiger partial charge on any atom is 0.309 e. The van der Waals surface area contributed by atoms with Gasteiger partial charge in [0.1, 0.15) is 0 Å². The summed E-state index contributed by atoms with van der Waals surface area (Å²) in [4.78, 5) is 10.7. The minimum Gasteiger partial charge on any atom is -0.481 e. The van der Waals surface area contributed by atoms with E-state index in [0.29, 0.717) is 13.0 Å². The van der Waals surface area contributed by atoms with E-state index in [0.717, 1.165) is 0 Å². The SMILES string of the molecule is CCOCC(C)(O)C(CC)C(=O)O. The van der Waals surface area contributed by atoms with Crippen LogP contribution in [0.1, 0.15) is 27.2 Å². The maximum atomic E-state index is 10.7. The molecule has 0 heterocycles. The van der Waals surface area contributed by atoms with Crippen LogP contribution < -0.4 is 0 Å². The summed E-state index contributed by atoms with van der Waals surface area (Å²) < 4.78 is 5.02. The van der Waals surface area contributed by atoms with E-state index < -0.39 is 17.5 Å². The lowest BCUT2D eigenvalue weighted by molar-refractivity contribution is -0.155. The van der Waals surface area contributed by atoms with Gasteiger partial charge in [-0.25, -0.2) is 0 Å². The lowest BCUT2D eigenvalue weighted by Gasteiger charge is -2.28. The summed E-state index contributed by atoms with van der Waals surface area (Å²) in [6.07, 6.45) is 0.398. The van der Waals surface area contributed by atoms with Gasteiger partial charge in [-0.3, -0.25) is 4.79 Å². The largest absolute Gasteiger partial charge is 0.481 e. The normalized spacial score (nSPS) is 17.8. The van der Waals surface area contributed by atoms with Crippen LogP contribution in [0, 0.1) is 5.92 Å². The topological polar surface area (TPSA) is 66.8 Å². The number of carbonyl (C=O) groups is 1. The Kier molecular flexibility index (Phi) is 4.95. The molecule has 78 valence electrons. The molecular weight excluding hydrogens is 172 g/mol. The van der Waals surface area contributed by atoms with E-state index in [-0.39, 0.29) is 6.61 Å². The van der Waals surface area contributed by atoms with E-state index in [4.69, 9.17) is 9.84 Å². The standard InChI is InChI=1S/C9H18O4/c1-4-7(8(10)11)9(3,12)6-13-5-2/h7,12H,4-6H2,1-3H3,(H,10,11). The highest BCUT2D eigenvalue weighted by Gasteiger charge is 2.36. The van der Waals surface area contributed by atoms with Gasteiger partial charge < -0.3 is 14.9 Å². The molecule has 0 amide bonds. The van der Waals surface area contributed by atoms with Gasteiger partial charge in [0.15, 0.2) is 0 Å². The van der Waals surface area contributed by atoms with Crippen LogP contribution in [0.4, 0.5) is 0 Å². The summed E-state index contributed by atoms with van der Waals surface area (Å²) in [6, 6.07) is 0. The molecule has 0 aliphatic carbocycles. The molecule has 0 aromatic rings. The van der Waals surface area contributed by atoms with Crippen LogP contribution in [0.3, 0.4) is 0 Å². The number of hydrogen-bond acceptors (Lipinski definition) is 3. The highest BCUT2D eigenvalue weighted by atomic mass is 16.5. The molecule has 0 aromatic carbocycles. The molecule has 0 spiro atoms. The fraction of sp³-hybridized carbons (Fsp3) is 0.889. The van der Waals surface area contributed by atoms with Crippen molar-refractivity contribution in [2.45, 2.75) is 32.8 Å². The monoisotopic (exact) mass is 190 g/mol. The zero-order valence-electron chi connectivity index (χ0n) is 8.41. The fourth-order valence-electron chi connectivity index (χ4n) is 1.29. The Morgan fingerprint density at radius 2 is 2.08 bits per heavy atom. The van der Waals surface area contributed by atoms with Crippen LogP contribution in [0.2, 0.25) is 0 Å². The summed E-state index contributed by atoms with van der Waals surface area (Å²) >= 11 is 0. The number of ether oxygens (including phenoxy) is 1. The van der Waals surface area contributed by atoms with E-state index in [1.807, 2.05) is 0 Å². The van der Waals surface area contributed by atoms with Gasteiger partial charge in [-0.05, 0) is 20.3 Å². The Hall–Kier alpha value is -0.610. The second-order valence-corrected chi connectivity index (χ2v) is 3.29. The van der Waals surface area contributed by atoms with Crippen LogP contribution in [0.5, 0.6) is 0 Å². The van der Waals surface area contributed by atoms with Crippen molar-refractivity contribution in [3.8, 4) is 0 Å². The van der Waals surface area contributed by atoms with E-state index in [1.54, 1.807) is 13.8 Å². The summed E-state index contributed by atoms with van der Waals surface area (Å²) in [5.41, 5.74) is -1.28. The van der Waals surface area contributed by atoms with Crippen molar-refractivity contribution in [1.82, 2.24) is 0 Å². The Morgan fingerprint density at radius 1 is 1.54 bits per heavy atom. The van der Waals surface area contributed by atoms with E-state index in [1.165, 1.54) is 6.92 Å². The lowest BCUT2D eigenvalue weighted by atomic mass is 9.88. The Morgan fingerprint density at radius 3 is 2.38 bits per heavy atom. The quantitative estimate of drug-likeness (QED) is 0.652. The molecule has 0 aliphatic rings. The third-order valence-electron chi connectivity index (χ3n) is 2.06. The molecule has 0 fully saturated rings. The average molecular weight is 190 g/mol. The van der Waals surface area contributed by atoms with Crippen LogP contribution in [-0.2, 0) is 9.53 Å². The van der Waals surface area contributed by atoms with Gasteiger partial charge in [0.05, 0.1) is 18.1 Å². The first-order chi connectivity index (χ1) is 5.95. The molecule has 2 atom stereocenters. The fourth-order valence-corrected chi connectivity index (χ4v) is 1.29. The molecule has 2 unspecified atom stereocenters. The molecule has 0 radical (unpaired) electrons. The van der Waals surface area contributed by atoms with Crippen molar-refractivity contribution < 1.29 is 19.7 Å². The van der Waals surface area contributed by atoms with Crippen molar-refractivity contribution in [2.75, 3.05) is 13.2 Å². The van der Waals surface area contributed by atoms with Crippen LogP contribution >= 0.6 is 0 Å². The lowest BCUT2D eigenvalue weighted by Crippen LogP contribution is -2.43. The minimum atomic E-state index is -1.28. The summed E-state index contributed by atoms with van der Waals surface area (Å²) in [5.74, 6) is -1.74. The minimum absolute atomic E-state index is 0.0638. The van der Waals surface area contributed by atoms with E-state index in [2.05, 4.69) is 0 Å². The number of rotatable bonds is 6. The molecular formula is C9H18O4. The second kappa shape index (κ2) is 5.19. The summed E-state index contributed by atoms with van der Waals surface area (Å²) in [7, 11) is 0. The Bertz CT molecular complexity index is 165. The third kappa shape index (κ3) is 3.74. The highest BCUT2D eigenvalue weighted by Crippen LogP contribution is 2.21. The third-order valence-corrected chi connectivity index (χ3v) is 2.06. The molecule has 0 saturated heterocycles. The molecule has 4 nitrogen and oxygen atoms in total. The van der Waals surface area contributed by atoms with Crippen molar-refractivity contribution in [1.29, 1.82) is 0 Å². The first-order valence-corrected chi connectivity index (χ1v) is 4.48. The number of carboxylic acids is 1. The van der Waals surface area contributed by atoms with Crippen molar-refractivity contribution in [2.24, 2.45) is 5.92 Å². The highest BCUT2D eigenvalue weighted by molar-refractivity contribution is 5.71. The second-order valence-electron chi connectivity index (χ2n) is 3.29. The molecule has 0 rings (SSSR count). The zero-order chi connectivity index (χ0) is 10.5. The molecule has 0 saturated carbocycles. The van der Waals surface area contributed by atoms with Crippen molar-refractivity contribution >= 4 is 5.97 Å². The molecule has 13 heavy (non-hydrogen) atoms. The summed E-state index contributed by atoms with van der Waals surface area (Å²) in [6.45, 7) is 5.57. The maximum absolute atomic E-state index is 10.7. The molecule has 0 bridgehead atoms.